The Morgan fingerprint density at radius 3 is 2.54 bits per heavy atom. The van der Waals surface area contributed by atoms with Crippen LogP contribution in [0.4, 0.5) is 0 Å². The Kier molecular flexibility index (Phi) is 8.13. The molecule has 2 aliphatic rings. The van der Waals surface area contributed by atoms with Crippen LogP contribution < -0.4 is 11.1 Å². The highest BCUT2D eigenvalue weighted by atomic mass is 35.5. The van der Waals surface area contributed by atoms with Gasteiger partial charge >= 0.3 is 0 Å². The Hall–Kier alpha value is -3.12. The lowest BCUT2D eigenvalue weighted by atomic mass is 9.99. The van der Waals surface area contributed by atoms with E-state index in [0.29, 0.717) is 33.8 Å². The van der Waals surface area contributed by atoms with Gasteiger partial charge in [-0.15, -0.1) is 21.5 Å². The average molecular weight is 569 g/mol. The molecule has 10 nitrogen and oxygen atoms in total. The van der Waals surface area contributed by atoms with E-state index >= 15 is 0 Å². The Labute approximate surface area is 236 Å². The fraction of sp³-hybridized carbons (Fsp3) is 0.444. The van der Waals surface area contributed by atoms with Gasteiger partial charge in [0.15, 0.2) is 5.82 Å². The van der Waals surface area contributed by atoms with E-state index in [9.17, 15) is 9.59 Å². The first-order chi connectivity index (χ1) is 18.7. The number of nitrogens with one attached hydrogen (secondary N) is 1. The summed E-state index contributed by atoms with van der Waals surface area (Å²) in [6.45, 7) is 9.56. The van der Waals surface area contributed by atoms with Gasteiger partial charge in [-0.3, -0.25) is 19.1 Å². The first-order valence-electron chi connectivity index (χ1n) is 13.1. The van der Waals surface area contributed by atoms with E-state index < -0.39 is 11.9 Å². The maximum absolute atomic E-state index is 13.1. The molecule has 1 fully saturated rings. The Balaban J connectivity index is 1.42. The lowest BCUT2D eigenvalue weighted by Crippen LogP contribution is -2.45. The third-order valence-corrected chi connectivity index (χ3v) is 8.83. The summed E-state index contributed by atoms with van der Waals surface area (Å²) in [6, 6.07) is 6.81. The van der Waals surface area contributed by atoms with Crippen molar-refractivity contribution in [1.82, 2.24) is 29.9 Å². The van der Waals surface area contributed by atoms with Gasteiger partial charge < -0.3 is 20.9 Å². The second-order valence-electron chi connectivity index (χ2n) is 10.1. The van der Waals surface area contributed by atoms with Gasteiger partial charge in [-0.25, -0.2) is 0 Å². The van der Waals surface area contributed by atoms with Gasteiger partial charge in [0.05, 0.1) is 17.0 Å². The zero-order valence-electron chi connectivity index (χ0n) is 22.4. The minimum absolute atomic E-state index is 0.0930. The number of amides is 2. The van der Waals surface area contributed by atoms with Gasteiger partial charge in [-0.1, -0.05) is 23.7 Å². The standard InChI is InChI=1S/C27H33ClN8O2S/c1-16-22-23(18-5-7-19(28)8-6-18)31-20(15-21(37)30-9-4-10-35-13-11-34(3)12-14-35)26-33-32-17(2)36(26)27(22)39-24(16)25(29)38/h5-8,20H,4,9-15H2,1-3H3,(H2,29,38)(H,30,37)/t20-/m0/s1. The number of carbonyl (C=O) groups excluding carboxylic acids is 2. The number of benzene rings is 1. The molecular formula is C27H33ClN8O2S. The summed E-state index contributed by atoms with van der Waals surface area (Å²) in [5.41, 5.74) is 8.74. The summed E-state index contributed by atoms with van der Waals surface area (Å²) in [7, 11) is 2.14. The normalized spacial score (nSPS) is 17.7. The molecular weight excluding hydrogens is 536 g/mol. The van der Waals surface area contributed by atoms with Crippen LogP contribution in [0.15, 0.2) is 29.3 Å². The van der Waals surface area contributed by atoms with Crippen LogP contribution in [-0.4, -0.2) is 88.4 Å². The molecule has 0 spiro atoms. The fourth-order valence-corrected chi connectivity index (χ4v) is 6.45. The SMILES string of the molecule is Cc1c(C(N)=O)sc2c1C(c1ccc(Cl)cc1)=N[C@@H](CC(=O)NCCCN1CCN(C)CC1)c1nnc(C)n1-2. The minimum Gasteiger partial charge on any atom is -0.365 e. The molecule has 2 aliphatic heterocycles. The molecule has 0 bridgehead atoms. The maximum Gasteiger partial charge on any atom is 0.259 e. The highest BCUT2D eigenvalue weighted by Gasteiger charge is 2.33. The Morgan fingerprint density at radius 1 is 1.13 bits per heavy atom. The number of hydrogen-bond acceptors (Lipinski definition) is 8. The second-order valence-corrected chi connectivity index (χ2v) is 11.5. The number of aliphatic imine (C=N–C) groups is 1. The van der Waals surface area contributed by atoms with Gasteiger partial charge in [0.1, 0.15) is 16.9 Å². The third-order valence-electron chi connectivity index (χ3n) is 7.29. The van der Waals surface area contributed by atoms with Crippen LogP contribution in [0, 0.1) is 13.8 Å². The van der Waals surface area contributed by atoms with Crippen molar-refractivity contribution < 1.29 is 9.59 Å². The molecule has 206 valence electrons. The molecule has 3 aromatic rings. The summed E-state index contributed by atoms with van der Waals surface area (Å²) in [5.74, 6) is 0.613. The van der Waals surface area contributed by atoms with E-state index in [0.717, 1.165) is 60.8 Å². The van der Waals surface area contributed by atoms with Gasteiger partial charge in [0, 0.05) is 48.9 Å². The van der Waals surface area contributed by atoms with E-state index in [1.165, 1.54) is 11.3 Å². The van der Waals surface area contributed by atoms with Crippen LogP contribution >= 0.6 is 22.9 Å². The van der Waals surface area contributed by atoms with E-state index in [-0.39, 0.29) is 12.3 Å². The van der Waals surface area contributed by atoms with Crippen molar-refractivity contribution in [1.29, 1.82) is 0 Å². The number of nitrogens with two attached hydrogens (primary N) is 1. The lowest BCUT2D eigenvalue weighted by molar-refractivity contribution is -0.121. The number of thiophene rings is 1. The molecule has 5 rings (SSSR count). The number of carbonyl (C=O) groups is 2. The van der Waals surface area contributed by atoms with Crippen LogP contribution in [0.1, 0.15) is 56.9 Å². The van der Waals surface area contributed by atoms with E-state index in [1.807, 2.05) is 30.5 Å². The third kappa shape index (κ3) is 5.76. The van der Waals surface area contributed by atoms with Crippen LogP contribution in [0.3, 0.4) is 0 Å². The molecule has 1 saturated heterocycles. The highest BCUT2D eigenvalue weighted by Crippen LogP contribution is 2.39. The quantitative estimate of drug-likeness (QED) is 0.403. The molecule has 2 aromatic heterocycles. The first-order valence-corrected chi connectivity index (χ1v) is 14.3. The highest BCUT2D eigenvalue weighted by molar-refractivity contribution is 7.17. The largest absolute Gasteiger partial charge is 0.365 e. The Bertz CT molecular complexity index is 1410. The number of piperazine rings is 1. The summed E-state index contributed by atoms with van der Waals surface area (Å²) < 4.78 is 1.90. The number of nitrogens with zero attached hydrogens (tertiary/aromatic N) is 6. The van der Waals surface area contributed by atoms with Crippen LogP contribution in [-0.2, 0) is 4.79 Å². The van der Waals surface area contributed by atoms with Gasteiger partial charge in [-0.2, -0.15) is 0 Å². The Morgan fingerprint density at radius 2 is 1.85 bits per heavy atom. The molecule has 0 aliphatic carbocycles. The van der Waals surface area contributed by atoms with Crippen molar-refractivity contribution in [2.75, 3.05) is 46.3 Å². The number of hydrogen-bond donors (Lipinski definition) is 2. The molecule has 39 heavy (non-hydrogen) atoms. The topological polar surface area (TPSA) is 122 Å². The molecule has 2 amide bonds. The van der Waals surface area contributed by atoms with E-state index in [1.54, 1.807) is 12.1 Å². The van der Waals surface area contributed by atoms with Crippen LogP contribution in [0.5, 0.6) is 0 Å². The van der Waals surface area contributed by atoms with Crippen molar-refractivity contribution in [3.63, 3.8) is 0 Å². The van der Waals surface area contributed by atoms with Crippen LogP contribution in [0.25, 0.3) is 5.00 Å². The van der Waals surface area contributed by atoms with Crippen LogP contribution in [0.2, 0.25) is 5.02 Å². The molecule has 12 heteroatoms. The number of aromatic nitrogens is 3. The zero-order valence-corrected chi connectivity index (χ0v) is 24.0. The number of likely N-dealkylation sites (N-methyl/N-ethyl adjacent to an activating group) is 1. The monoisotopic (exact) mass is 568 g/mol. The molecule has 3 N–H and O–H groups in total. The number of fused-ring (bicyclic) bond motifs is 3. The summed E-state index contributed by atoms with van der Waals surface area (Å²) in [5, 5.41) is 13.2. The van der Waals surface area contributed by atoms with Gasteiger partial charge in [0.2, 0.25) is 5.91 Å². The number of primary amides is 1. The van der Waals surface area contributed by atoms with Gasteiger partial charge in [-0.05, 0) is 51.6 Å². The molecule has 0 unspecified atom stereocenters. The second kappa shape index (κ2) is 11.5. The van der Waals surface area contributed by atoms with Crippen molar-refractivity contribution in [3.8, 4) is 5.00 Å². The number of rotatable bonds is 8. The molecule has 1 atom stereocenters. The molecule has 0 saturated carbocycles. The summed E-state index contributed by atoms with van der Waals surface area (Å²) >= 11 is 7.46. The summed E-state index contributed by atoms with van der Waals surface area (Å²) in [6.07, 6.45) is 1.02. The number of halogens is 1. The van der Waals surface area contributed by atoms with E-state index in [2.05, 4.69) is 32.4 Å². The molecule has 4 heterocycles. The fourth-order valence-electron chi connectivity index (χ4n) is 5.11. The van der Waals surface area contributed by atoms with Crippen molar-refractivity contribution in [2.45, 2.75) is 32.7 Å². The smallest absolute Gasteiger partial charge is 0.259 e. The predicted octanol–water partition coefficient (Wildman–Crippen LogP) is 2.73. The number of aryl methyl sites for hydroxylation is 1. The molecule has 0 radical (unpaired) electrons. The van der Waals surface area contributed by atoms with Crippen molar-refractivity contribution in [2.24, 2.45) is 10.7 Å². The maximum atomic E-state index is 13.1. The average Bonchev–Trinajstić information content (AvgIpc) is 3.41. The first kappa shape index (κ1) is 27.4. The van der Waals surface area contributed by atoms with Crippen molar-refractivity contribution in [3.05, 3.63) is 62.5 Å². The summed E-state index contributed by atoms with van der Waals surface area (Å²) in [4.78, 5) is 35.7. The van der Waals surface area contributed by atoms with Crippen molar-refractivity contribution >= 4 is 40.5 Å². The van der Waals surface area contributed by atoms with Gasteiger partial charge in [0.25, 0.3) is 5.91 Å². The van der Waals surface area contributed by atoms with E-state index in [4.69, 9.17) is 22.3 Å². The zero-order chi connectivity index (χ0) is 27.7. The molecule has 1 aromatic carbocycles. The lowest BCUT2D eigenvalue weighted by Gasteiger charge is -2.32. The minimum atomic E-state index is -0.564. The predicted molar refractivity (Wildman–Crippen MR) is 153 cm³/mol.